The van der Waals surface area contributed by atoms with Gasteiger partial charge in [0.2, 0.25) is 0 Å². The van der Waals surface area contributed by atoms with Crippen molar-refractivity contribution in [2.75, 3.05) is 6.61 Å². The van der Waals surface area contributed by atoms with Crippen LogP contribution >= 0.6 is 0 Å². The van der Waals surface area contributed by atoms with Gasteiger partial charge >= 0.3 is 0 Å². The van der Waals surface area contributed by atoms with Crippen molar-refractivity contribution in [1.29, 1.82) is 0 Å². The number of aryl methyl sites for hydroxylation is 1. The largest absolute Gasteiger partial charge is 0.396 e. The van der Waals surface area contributed by atoms with Gasteiger partial charge in [-0.2, -0.15) is 0 Å². The van der Waals surface area contributed by atoms with Crippen molar-refractivity contribution in [3.8, 4) is 0 Å². The standard InChI is InChI=1S/C15H20O/c1-11-4-2-3-5-12(11)7-15(10-16)8-13-6-14(13)9-15/h2-5,13-14,16H,6-10H2,1H3. The molecule has 1 aromatic carbocycles. The smallest absolute Gasteiger partial charge is 0.0490 e. The molecule has 2 atom stereocenters. The van der Waals surface area contributed by atoms with Crippen LogP contribution in [0.25, 0.3) is 0 Å². The molecule has 2 saturated carbocycles. The third-order valence-corrected chi connectivity index (χ3v) is 4.62. The lowest BCUT2D eigenvalue weighted by Crippen LogP contribution is -2.26. The molecule has 1 N–H and O–H groups in total. The van der Waals surface area contributed by atoms with Crippen LogP contribution in [0.4, 0.5) is 0 Å². The molecule has 0 bridgehead atoms. The highest BCUT2D eigenvalue weighted by atomic mass is 16.3. The molecular formula is C15H20O. The van der Waals surface area contributed by atoms with Crippen molar-refractivity contribution in [3.63, 3.8) is 0 Å². The van der Waals surface area contributed by atoms with E-state index in [-0.39, 0.29) is 5.41 Å². The molecule has 1 nitrogen and oxygen atoms in total. The number of hydrogen-bond acceptors (Lipinski definition) is 1. The molecule has 1 aromatic rings. The zero-order valence-electron chi connectivity index (χ0n) is 9.95. The maximum absolute atomic E-state index is 9.71. The summed E-state index contributed by atoms with van der Waals surface area (Å²) >= 11 is 0. The minimum atomic E-state index is 0.208. The average Bonchev–Trinajstić information content (AvgIpc) is 2.91. The van der Waals surface area contributed by atoms with Crippen LogP contribution in [0, 0.1) is 24.2 Å². The lowest BCUT2D eigenvalue weighted by molar-refractivity contribution is 0.117. The van der Waals surface area contributed by atoms with Crippen molar-refractivity contribution in [2.24, 2.45) is 17.3 Å². The van der Waals surface area contributed by atoms with Crippen LogP contribution in [0.1, 0.15) is 30.4 Å². The van der Waals surface area contributed by atoms with Crippen LogP contribution < -0.4 is 0 Å². The molecule has 0 radical (unpaired) electrons. The highest BCUT2D eigenvalue weighted by Gasteiger charge is 2.53. The molecule has 3 rings (SSSR count). The Hall–Kier alpha value is -0.820. The second-order valence-electron chi connectivity index (χ2n) is 5.93. The zero-order valence-corrected chi connectivity index (χ0v) is 9.95. The molecule has 0 heterocycles. The van der Waals surface area contributed by atoms with Crippen molar-refractivity contribution in [3.05, 3.63) is 35.4 Å². The van der Waals surface area contributed by atoms with Gasteiger partial charge in [-0.1, -0.05) is 24.3 Å². The van der Waals surface area contributed by atoms with Crippen LogP contribution in [-0.2, 0) is 6.42 Å². The summed E-state index contributed by atoms with van der Waals surface area (Å²) in [7, 11) is 0. The van der Waals surface area contributed by atoms with E-state index in [0.29, 0.717) is 6.61 Å². The Balaban J connectivity index is 1.80. The van der Waals surface area contributed by atoms with Gasteiger partial charge in [0.15, 0.2) is 0 Å². The summed E-state index contributed by atoms with van der Waals surface area (Å²) in [6, 6.07) is 8.60. The third-order valence-electron chi connectivity index (χ3n) is 4.62. The lowest BCUT2D eigenvalue weighted by atomic mass is 9.77. The fourth-order valence-electron chi connectivity index (χ4n) is 3.55. The van der Waals surface area contributed by atoms with Gasteiger partial charge in [0.1, 0.15) is 0 Å². The fourth-order valence-corrected chi connectivity index (χ4v) is 3.55. The fraction of sp³-hybridized carbons (Fsp3) is 0.600. The van der Waals surface area contributed by atoms with Gasteiger partial charge in [0.25, 0.3) is 0 Å². The first-order chi connectivity index (χ1) is 7.72. The lowest BCUT2D eigenvalue weighted by Gasteiger charge is -2.29. The predicted molar refractivity (Wildman–Crippen MR) is 65.2 cm³/mol. The molecule has 0 aromatic heterocycles. The van der Waals surface area contributed by atoms with Crippen molar-refractivity contribution in [2.45, 2.75) is 32.6 Å². The average molecular weight is 216 g/mol. The molecule has 16 heavy (non-hydrogen) atoms. The van der Waals surface area contributed by atoms with Crippen molar-refractivity contribution < 1.29 is 5.11 Å². The monoisotopic (exact) mass is 216 g/mol. The van der Waals surface area contributed by atoms with Crippen molar-refractivity contribution >= 4 is 0 Å². The van der Waals surface area contributed by atoms with Gasteiger partial charge in [0, 0.05) is 6.61 Å². The van der Waals surface area contributed by atoms with E-state index in [1.807, 2.05) is 0 Å². The molecule has 2 fully saturated rings. The van der Waals surface area contributed by atoms with E-state index in [0.717, 1.165) is 18.3 Å². The SMILES string of the molecule is Cc1ccccc1CC1(CO)CC2CC2C1. The van der Waals surface area contributed by atoms with E-state index in [9.17, 15) is 5.11 Å². The summed E-state index contributed by atoms with van der Waals surface area (Å²) in [6.45, 7) is 2.55. The van der Waals surface area contributed by atoms with Gasteiger partial charge in [-0.25, -0.2) is 0 Å². The molecule has 0 amide bonds. The van der Waals surface area contributed by atoms with Gasteiger partial charge < -0.3 is 5.11 Å². The van der Waals surface area contributed by atoms with E-state index >= 15 is 0 Å². The zero-order chi connectivity index (χ0) is 11.2. The first-order valence-corrected chi connectivity index (χ1v) is 6.38. The predicted octanol–water partition coefficient (Wildman–Crippen LogP) is 2.95. The van der Waals surface area contributed by atoms with Crippen LogP contribution in [0.2, 0.25) is 0 Å². The molecule has 0 spiro atoms. The number of rotatable bonds is 3. The first kappa shape index (κ1) is 10.3. The number of hydrogen-bond donors (Lipinski definition) is 1. The summed E-state index contributed by atoms with van der Waals surface area (Å²) in [5.41, 5.74) is 3.01. The summed E-state index contributed by atoms with van der Waals surface area (Å²) in [5, 5.41) is 9.71. The van der Waals surface area contributed by atoms with Crippen LogP contribution in [0.5, 0.6) is 0 Å². The Labute approximate surface area is 97.5 Å². The van der Waals surface area contributed by atoms with E-state index in [1.54, 1.807) is 0 Å². The molecule has 2 aliphatic rings. The molecule has 2 unspecified atom stereocenters. The Morgan fingerprint density at radius 1 is 1.25 bits per heavy atom. The molecule has 0 aliphatic heterocycles. The van der Waals surface area contributed by atoms with Crippen LogP contribution in [0.15, 0.2) is 24.3 Å². The van der Waals surface area contributed by atoms with Gasteiger partial charge in [0.05, 0.1) is 0 Å². The molecule has 2 aliphatic carbocycles. The second kappa shape index (κ2) is 3.59. The summed E-state index contributed by atoms with van der Waals surface area (Å²) in [6.07, 6.45) is 5.00. The highest BCUT2D eigenvalue weighted by molar-refractivity contribution is 5.27. The Morgan fingerprint density at radius 3 is 2.56 bits per heavy atom. The Bertz CT molecular complexity index is 386. The maximum atomic E-state index is 9.71. The normalized spacial score (nSPS) is 36.1. The summed E-state index contributed by atoms with van der Waals surface area (Å²) in [4.78, 5) is 0. The third kappa shape index (κ3) is 1.67. The van der Waals surface area contributed by atoms with E-state index in [2.05, 4.69) is 31.2 Å². The minimum absolute atomic E-state index is 0.208. The first-order valence-electron chi connectivity index (χ1n) is 6.38. The molecular weight excluding hydrogens is 196 g/mol. The van der Waals surface area contributed by atoms with E-state index in [1.165, 1.54) is 30.4 Å². The second-order valence-corrected chi connectivity index (χ2v) is 5.93. The van der Waals surface area contributed by atoms with Crippen LogP contribution in [-0.4, -0.2) is 11.7 Å². The summed E-state index contributed by atoms with van der Waals surface area (Å²) in [5.74, 6) is 1.88. The number of benzene rings is 1. The van der Waals surface area contributed by atoms with E-state index < -0.39 is 0 Å². The van der Waals surface area contributed by atoms with Gasteiger partial charge in [-0.05, 0) is 61.0 Å². The minimum Gasteiger partial charge on any atom is -0.396 e. The quantitative estimate of drug-likeness (QED) is 0.823. The van der Waals surface area contributed by atoms with E-state index in [4.69, 9.17) is 0 Å². The van der Waals surface area contributed by atoms with Crippen LogP contribution in [0.3, 0.4) is 0 Å². The highest BCUT2D eigenvalue weighted by Crippen LogP contribution is 2.60. The molecule has 86 valence electrons. The Morgan fingerprint density at radius 2 is 1.94 bits per heavy atom. The maximum Gasteiger partial charge on any atom is 0.0490 e. The molecule has 0 saturated heterocycles. The Kier molecular flexibility index (Phi) is 2.32. The van der Waals surface area contributed by atoms with Gasteiger partial charge in [-0.3, -0.25) is 0 Å². The van der Waals surface area contributed by atoms with Crippen molar-refractivity contribution in [1.82, 2.24) is 0 Å². The molecule has 1 heteroatoms. The number of aliphatic hydroxyl groups excluding tert-OH is 1. The number of aliphatic hydroxyl groups is 1. The van der Waals surface area contributed by atoms with Gasteiger partial charge in [-0.15, -0.1) is 0 Å². The topological polar surface area (TPSA) is 20.2 Å². The number of fused-ring (bicyclic) bond motifs is 1. The summed E-state index contributed by atoms with van der Waals surface area (Å²) < 4.78 is 0.